The normalized spacial score (nSPS) is 11.8. The minimum atomic E-state index is -0.257. The molecule has 0 unspecified atom stereocenters. The molecule has 6 nitrogen and oxygen atoms in total. The molecule has 1 aromatic carbocycles. The van der Waals surface area contributed by atoms with Crippen LogP contribution in [0.3, 0.4) is 0 Å². The highest BCUT2D eigenvalue weighted by atomic mass is 32.1. The summed E-state index contributed by atoms with van der Waals surface area (Å²) < 4.78 is 10.4. The van der Waals surface area contributed by atoms with Gasteiger partial charge in [0.05, 0.1) is 14.2 Å². The Bertz CT molecular complexity index is 657. The molecule has 0 radical (unpaired) electrons. The predicted octanol–water partition coefficient (Wildman–Crippen LogP) is 3.32. The van der Waals surface area contributed by atoms with Crippen LogP contribution in [0.4, 0.5) is 5.13 Å². The maximum Gasteiger partial charge on any atom is 0.257 e. The van der Waals surface area contributed by atoms with Crippen molar-refractivity contribution in [1.82, 2.24) is 10.2 Å². The van der Waals surface area contributed by atoms with Gasteiger partial charge in [-0.3, -0.25) is 10.1 Å². The summed E-state index contributed by atoms with van der Waals surface area (Å²) in [7, 11) is 3.08. The maximum absolute atomic E-state index is 12.3. The van der Waals surface area contributed by atoms with Crippen molar-refractivity contribution in [2.24, 2.45) is 0 Å². The van der Waals surface area contributed by atoms with Crippen LogP contribution in [-0.2, 0) is 0 Å². The van der Waals surface area contributed by atoms with Gasteiger partial charge in [0.1, 0.15) is 5.01 Å². The van der Waals surface area contributed by atoms with Crippen molar-refractivity contribution in [1.29, 1.82) is 0 Å². The Morgan fingerprint density at radius 2 is 2.00 bits per heavy atom. The van der Waals surface area contributed by atoms with Gasteiger partial charge in [-0.05, 0) is 24.6 Å². The van der Waals surface area contributed by atoms with E-state index in [1.807, 2.05) is 0 Å². The lowest BCUT2D eigenvalue weighted by Gasteiger charge is -2.09. The summed E-state index contributed by atoms with van der Waals surface area (Å²) in [5.41, 5.74) is 0.470. The average molecular weight is 321 g/mol. The Labute approximate surface area is 133 Å². The van der Waals surface area contributed by atoms with Crippen molar-refractivity contribution >= 4 is 22.4 Å². The number of hydrogen-bond donors (Lipinski definition) is 1. The topological polar surface area (TPSA) is 73.3 Å². The molecule has 0 saturated heterocycles. The van der Waals surface area contributed by atoms with E-state index in [2.05, 4.69) is 29.4 Å². The van der Waals surface area contributed by atoms with Gasteiger partial charge in [0.2, 0.25) is 5.13 Å². The van der Waals surface area contributed by atoms with Crippen molar-refractivity contribution in [3.05, 3.63) is 28.8 Å². The molecular weight excluding hydrogens is 302 g/mol. The van der Waals surface area contributed by atoms with E-state index >= 15 is 0 Å². The molecular formula is C15H19N3O3S. The molecule has 0 aliphatic rings. The quantitative estimate of drug-likeness (QED) is 0.883. The second-order valence-electron chi connectivity index (χ2n) is 4.78. The van der Waals surface area contributed by atoms with Crippen LogP contribution < -0.4 is 14.8 Å². The first-order valence-corrected chi connectivity index (χ1v) is 7.77. The molecule has 1 N–H and O–H groups in total. The van der Waals surface area contributed by atoms with Crippen LogP contribution in [0.5, 0.6) is 11.5 Å². The molecule has 0 saturated carbocycles. The van der Waals surface area contributed by atoms with Crippen LogP contribution in [0, 0.1) is 0 Å². The number of benzene rings is 1. The summed E-state index contributed by atoms with van der Waals surface area (Å²) in [5, 5.41) is 12.3. The van der Waals surface area contributed by atoms with Gasteiger partial charge in [-0.25, -0.2) is 0 Å². The Hall–Kier alpha value is -2.15. The zero-order chi connectivity index (χ0) is 16.1. The highest BCUT2D eigenvalue weighted by molar-refractivity contribution is 7.15. The number of anilines is 1. The smallest absolute Gasteiger partial charge is 0.257 e. The van der Waals surface area contributed by atoms with Gasteiger partial charge >= 0.3 is 0 Å². The van der Waals surface area contributed by atoms with Gasteiger partial charge < -0.3 is 9.47 Å². The molecule has 0 bridgehead atoms. The summed E-state index contributed by atoms with van der Waals surface area (Å²) in [6.45, 7) is 4.18. The number of nitrogens with zero attached hydrogens (tertiary/aromatic N) is 2. The molecule has 0 fully saturated rings. The van der Waals surface area contributed by atoms with Crippen molar-refractivity contribution in [3.63, 3.8) is 0 Å². The molecule has 0 spiro atoms. The Morgan fingerprint density at radius 3 is 2.64 bits per heavy atom. The summed E-state index contributed by atoms with van der Waals surface area (Å²) in [6, 6.07) is 5.00. The van der Waals surface area contributed by atoms with Crippen molar-refractivity contribution < 1.29 is 14.3 Å². The standard InChI is InChI=1S/C15H19N3O3S/c1-5-9(2)14-17-18-15(22-14)16-13(19)10-6-7-11(20-3)12(8-10)21-4/h6-9H,5H2,1-4H3,(H,16,18,19)/t9-/m0/s1. The van der Waals surface area contributed by atoms with Gasteiger partial charge in [0.25, 0.3) is 5.91 Å². The molecule has 2 aromatic rings. The zero-order valence-corrected chi connectivity index (χ0v) is 13.9. The van der Waals surface area contributed by atoms with Crippen LogP contribution in [0.15, 0.2) is 18.2 Å². The van der Waals surface area contributed by atoms with Gasteiger partial charge in [-0.15, -0.1) is 10.2 Å². The number of hydrogen-bond acceptors (Lipinski definition) is 6. The van der Waals surface area contributed by atoms with Gasteiger partial charge in [-0.1, -0.05) is 25.2 Å². The maximum atomic E-state index is 12.3. The molecule has 1 amide bonds. The second-order valence-corrected chi connectivity index (χ2v) is 5.79. The summed E-state index contributed by atoms with van der Waals surface area (Å²) >= 11 is 1.40. The second kappa shape index (κ2) is 7.22. The highest BCUT2D eigenvalue weighted by Crippen LogP contribution is 2.29. The number of ether oxygens (including phenoxy) is 2. The van der Waals surface area contributed by atoms with Gasteiger partial charge in [0.15, 0.2) is 11.5 Å². The third-order valence-corrected chi connectivity index (χ3v) is 4.41. The number of aromatic nitrogens is 2. The third-order valence-electron chi connectivity index (χ3n) is 3.34. The molecule has 7 heteroatoms. The molecule has 1 aromatic heterocycles. The Kier molecular flexibility index (Phi) is 5.32. The molecule has 2 rings (SSSR count). The van der Waals surface area contributed by atoms with Crippen LogP contribution in [0.1, 0.15) is 41.6 Å². The molecule has 1 heterocycles. The van der Waals surface area contributed by atoms with E-state index in [1.165, 1.54) is 18.4 Å². The fourth-order valence-electron chi connectivity index (χ4n) is 1.81. The van der Waals surface area contributed by atoms with E-state index in [-0.39, 0.29) is 5.91 Å². The fourth-order valence-corrected chi connectivity index (χ4v) is 2.68. The monoisotopic (exact) mass is 321 g/mol. The Balaban J connectivity index is 2.13. The molecule has 1 atom stereocenters. The van der Waals surface area contributed by atoms with E-state index in [0.717, 1.165) is 11.4 Å². The largest absolute Gasteiger partial charge is 0.493 e. The van der Waals surface area contributed by atoms with Crippen LogP contribution >= 0.6 is 11.3 Å². The van der Waals surface area contributed by atoms with Crippen molar-refractivity contribution in [2.45, 2.75) is 26.2 Å². The van der Waals surface area contributed by atoms with E-state index in [4.69, 9.17) is 9.47 Å². The van der Waals surface area contributed by atoms with Gasteiger partial charge in [-0.2, -0.15) is 0 Å². The first-order chi connectivity index (χ1) is 10.6. The molecule has 0 aliphatic heterocycles. The number of amides is 1. The van der Waals surface area contributed by atoms with Crippen molar-refractivity contribution in [2.75, 3.05) is 19.5 Å². The van der Waals surface area contributed by atoms with Crippen LogP contribution in [-0.4, -0.2) is 30.3 Å². The van der Waals surface area contributed by atoms with Gasteiger partial charge in [0, 0.05) is 11.5 Å². The highest BCUT2D eigenvalue weighted by Gasteiger charge is 2.15. The van der Waals surface area contributed by atoms with Crippen LogP contribution in [0.2, 0.25) is 0 Å². The molecule has 22 heavy (non-hydrogen) atoms. The summed E-state index contributed by atoms with van der Waals surface area (Å²) in [6.07, 6.45) is 0.984. The molecule has 0 aliphatic carbocycles. The van der Waals surface area contributed by atoms with E-state index in [9.17, 15) is 4.79 Å². The molecule has 118 valence electrons. The summed E-state index contributed by atoms with van der Waals surface area (Å²) in [4.78, 5) is 12.3. The lowest BCUT2D eigenvalue weighted by atomic mass is 10.1. The lowest BCUT2D eigenvalue weighted by molar-refractivity contribution is 0.102. The van der Waals surface area contributed by atoms with E-state index in [0.29, 0.717) is 28.1 Å². The predicted molar refractivity (Wildman–Crippen MR) is 86.1 cm³/mol. The van der Waals surface area contributed by atoms with Crippen molar-refractivity contribution in [3.8, 4) is 11.5 Å². The van der Waals surface area contributed by atoms with E-state index < -0.39 is 0 Å². The SMILES string of the molecule is CC[C@H](C)c1nnc(NC(=O)c2ccc(OC)c(OC)c2)s1. The summed E-state index contributed by atoms with van der Waals surface area (Å²) in [5.74, 6) is 1.17. The minimum Gasteiger partial charge on any atom is -0.493 e. The number of carbonyl (C=O) groups excluding carboxylic acids is 1. The Morgan fingerprint density at radius 1 is 1.27 bits per heavy atom. The fraction of sp³-hybridized carbons (Fsp3) is 0.400. The van der Waals surface area contributed by atoms with E-state index in [1.54, 1.807) is 25.3 Å². The third kappa shape index (κ3) is 3.54. The number of nitrogens with one attached hydrogen (secondary N) is 1. The average Bonchev–Trinajstić information content (AvgIpc) is 3.01. The minimum absolute atomic E-state index is 0.257. The number of carbonyl (C=O) groups is 1. The lowest BCUT2D eigenvalue weighted by Crippen LogP contribution is -2.12. The number of rotatable bonds is 6. The first kappa shape index (κ1) is 16.2. The first-order valence-electron chi connectivity index (χ1n) is 6.95. The zero-order valence-electron chi connectivity index (χ0n) is 13.0. The van der Waals surface area contributed by atoms with Crippen LogP contribution in [0.25, 0.3) is 0 Å². The number of methoxy groups -OCH3 is 2.